The zero-order valence-electron chi connectivity index (χ0n) is 23.0. The number of unbranched alkanes of at least 4 members (excludes halogenated alkanes) is 2. The normalized spacial score (nSPS) is 8.89. The smallest absolute Gasteiger partial charge is 0.320 e. The first kappa shape index (κ1) is 37.8. The Hall–Kier alpha value is -3.70. The second kappa shape index (κ2) is 25.4. The number of hydrogen-bond donors (Lipinski definition) is 2. The number of nitrogens with zero attached hydrogens (tertiary/aromatic N) is 3. The summed E-state index contributed by atoms with van der Waals surface area (Å²) in [5, 5.41) is 26.4. The van der Waals surface area contributed by atoms with Crippen molar-refractivity contribution < 1.29 is 29.0 Å². The third kappa shape index (κ3) is 21.3. The summed E-state index contributed by atoms with van der Waals surface area (Å²) in [5.41, 5.74) is 5.59. The Morgan fingerprint density at radius 1 is 1.03 bits per heavy atom. The van der Waals surface area contributed by atoms with E-state index in [1.54, 1.807) is 26.8 Å². The lowest BCUT2D eigenvalue weighted by Crippen LogP contribution is -2.20. The van der Waals surface area contributed by atoms with E-state index in [-0.39, 0.29) is 35.6 Å². The molecule has 0 radical (unpaired) electrons. The SMILES string of the molecule is CCCCN.CCCCn1c(O)c(C#N)c(C)cc1=O.CCOC(=O)CC#N.CCOC(=O)CC(C)=O. The average Bonchev–Trinajstić information content (AvgIpc) is 2.81. The fourth-order valence-electron chi connectivity index (χ4n) is 2.32. The van der Waals surface area contributed by atoms with Gasteiger partial charge in [0.05, 0.1) is 19.3 Å². The standard InChI is InChI=1S/C11H14N2O2.C6H10O3.C5H7NO2.C4H11N/c1-3-4-5-13-10(14)6-8(2)9(7-12)11(13)15;1-3-9-6(8)4-5(2)7;1-2-8-5(7)3-4-6;1-2-3-4-5/h6,15H,3-5H2,1-2H3;3-4H2,1-2H3;2-3H2,1H3;2-5H2,1H3. The molecule has 1 rings (SSSR count). The summed E-state index contributed by atoms with van der Waals surface area (Å²) in [5.74, 6) is -1.26. The number of aromatic nitrogens is 1. The van der Waals surface area contributed by atoms with E-state index in [1.807, 2.05) is 13.0 Å². The lowest BCUT2D eigenvalue weighted by molar-refractivity contribution is -0.145. The van der Waals surface area contributed by atoms with Gasteiger partial charge in [-0.25, -0.2) is 0 Å². The first-order valence-electron chi connectivity index (χ1n) is 12.2. The predicted octanol–water partition coefficient (Wildman–Crippen LogP) is 3.27. The van der Waals surface area contributed by atoms with Gasteiger partial charge in [-0.15, -0.1) is 0 Å². The Kier molecular flexibility index (Phi) is 26.0. The minimum Gasteiger partial charge on any atom is -0.493 e. The number of nitrogens with two attached hydrogens (primary N) is 1. The number of ether oxygens (including phenoxy) is 2. The maximum absolute atomic E-state index is 11.5. The fourth-order valence-corrected chi connectivity index (χ4v) is 2.32. The van der Waals surface area contributed by atoms with Gasteiger partial charge in [0.1, 0.15) is 30.3 Å². The van der Waals surface area contributed by atoms with Crippen LogP contribution in [-0.2, 0) is 30.4 Å². The number of Topliss-reactive ketones (excluding diaryl/α,β-unsaturated/α-hetero) is 1. The van der Waals surface area contributed by atoms with Gasteiger partial charge in [0, 0.05) is 12.6 Å². The summed E-state index contributed by atoms with van der Waals surface area (Å²) in [7, 11) is 0. The Bertz CT molecular complexity index is 942. The van der Waals surface area contributed by atoms with E-state index in [0.717, 1.165) is 19.4 Å². The lowest BCUT2D eigenvalue weighted by atomic mass is 10.1. The molecular weight excluding hydrogens is 480 g/mol. The van der Waals surface area contributed by atoms with Crippen LogP contribution < -0.4 is 11.3 Å². The van der Waals surface area contributed by atoms with Gasteiger partial charge in [-0.05, 0) is 52.6 Å². The second-order valence-corrected chi connectivity index (χ2v) is 7.45. The number of ketones is 1. The minimum absolute atomic E-state index is 0.103. The van der Waals surface area contributed by atoms with Crippen molar-refractivity contribution in [3.05, 3.63) is 27.5 Å². The molecule has 3 N–H and O–H groups in total. The summed E-state index contributed by atoms with van der Waals surface area (Å²) in [6.45, 7) is 12.5. The van der Waals surface area contributed by atoms with E-state index in [2.05, 4.69) is 16.4 Å². The van der Waals surface area contributed by atoms with Crippen LogP contribution in [0.2, 0.25) is 0 Å². The molecule has 0 spiro atoms. The summed E-state index contributed by atoms with van der Waals surface area (Å²) in [6, 6.07) is 4.96. The highest BCUT2D eigenvalue weighted by Crippen LogP contribution is 2.17. The average molecular weight is 523 g/mol. The summed E-state index contributed by atoms with van der Waals surface area (Å²) < 4.78 is 10.2. The van der Waals surface area contributed by atoms with Crippen LogP contribution in [0.15, 0.2) is 10.9 Å². The second-order valence-electron chi connectivity index (χ2n) is 7.45. The van der Waals surface area contributed by atoms with Crippen LogP contribution in [-0.4, -0.2) is 47.2 Å². The molecule has 0 aliphatic rings. The van der Waals surface area contributed by atoms with Gasteiger partial charge in [0.15, 0.2) is 0 Å². The van der Waals surface area contributed by atoms with Crippen LogP contribution in [0.1, 0.15) is 84.3 Å². The van der Waals surface area contributed by atoms with Gasteiger partial charge in [-0.1, -0.05) is 26.7 Å². The van der Waals surface area contributed by atoms with Crippen molar-refractivity contribution in [2.75, 3.05) is 19.8 Å². The van der Waals surface area contributed by atoms with Gasteiger partial charge >= 0.3 is 11.9 Å². The monoisotopic (exact) mass is 522 g/mol. The molecular formula is C26H42N4O7. The molecule has 1 aromatic rings. The predicted molar refractivity (Wildman–Crippen MR) is 139 cm³/mol. The quantitative estimate of drug-likeness (QED) is 0.341. The van der Waals surface area contributed by atoms with Crippen LogP contribution in [0.4, 0.5) is 0 Å². The Morgan fingerprint density at radius 2 is 1.57 bits per heavy atom. The highest BCUT2D eigenvalue weighted by atomic mass is 16.5. The van der Waals surface area contributed by atoms with Gasteiger partial charge in [0.2, 0.25) is 5.88 Å². The van der Waals surface area contributed by atoms with Gasteiger partial charge in [0.25, 0.3) is 5.56 Å². The molecule has 0 aliphatic carbocycles. The molecule has 37 heavy (non-hydrogen) atoms. The third-order valence-corrected chi connectivity index (χ3v) is 4.11. The number of esters is 2. The van der Waals surface area contributed by atoms with Crippen LogP contribution in [0.25, 0.3) is 0 Å². The molecule has 0 saturated carbocycles. The first-order valence-corrected chi connectivity index (χ1v) is 12.2. The highest BCUT2D eigenvalue weighted by molar-refractivity contribution is 5.94. The molecule has 0 aromatic carbocycles. The number of rotatable bonds is 10. The number of nitriles is 2. The number of hydrogen-bond acceptors (Lipinski definition) is 10. The first-order chi connectivity index (χ1) is 17.5. The van der Waals surface area contributed by atoms with Crippen molar-refractivity contribution in [1.82, 2.24) is 4.57 Å². The van der Waals surface area contributed by atoms with Gasteiger partial charge in [-0.2, -0.15) is 10.5 Å². The lowest BCUT2D eigenvalue weighted by Gasteiger charge is -2.09. The molecule has 0 bridgehead atoms. The number of aryl methyl sites for hydroxylation is 1. The van der Waals surface area contributed by atoms with E-state index in [9.17, 15) is 24.3 Å². The van der Waals surface area contributed by atoms with Crippen LogP contribution in [0, 0.1) is 29.6 Å². The number of carbonyl (C=O) groups is 3. The van der Waals surface area contributed by atoms with Crippen molar-refractivity contribution >= 4 is 17.7 Å². The number of pyridine rings is 1. The molecule has 0 amide bonds. The molecule has 208 valence electrons. The molecule has 0 aliphatic heterocycles. The molecule has 0 saturated heterocycles. The number of aromatic hydroxyl groups is 1. The van der Waals surface area contributed by atoms with Crippen molar-refractivity contribution in [2.45, 2.75) is 86.6 Å². The Morgan fingerprint density at radius 3 is 1.95 bits per heavy atom. The van der Waals surface area contributed by atoms with Crippen LogP contribution in [0.5, 0.6) is 5.88 Å². The third-order valence-electron chi connectivity index (χ3n) is 4.11. The van der Waals surface area contributed by atoms with Crippen molar-refractivity contribution in [3.8, 4) is 18.0 Å². The van der Waals surface area contributed by atoms with Gasteiger partial charge < -0.3 is 20.3 Å². The summed E-state index contributed by atoms with van der Waals surface area (Å²) >= 11 is 0. The molecule has 0 atom stereocenters. The van der Waals surface area contributed by atoms with E-state index >= 15 is 0 Å². The fraction of sp³-hybridized carbons (Fsp3) is 0.615. The largest absolute Gasteiger partial charge is 0.493 e. The van der Waals surface area contributed by atoms with Crippen molar-refractivity contribution in [1.29, 1.82) is 10.5 Å². The van der Waals surface area contributed by atoms with E-state index < -0.39 is 11.9 Å². The van der Waals surface area contributed by atoms with E-state index in [0.29, 0.717) is 25.3 Å². The van der Waals surface area contributed by atoms with Gasteiger partial charge in [-0.3, -0.25) is 23.7 Å². The van der Waals surface area contributed by atoms with E-state index in [1.165, 1.54) is 30.4 Å². The molecule has 0 unspecified atom stereocenters. The Balaban J connectivity index is -0.000000454. The topological polar surface area (TPSA) is 185 Å². The maximum atomic E-state index is 11.5. The minimum atomic E-state index is -0.449. The zero-order chi connectivity index (χ0) is 29.2. The number of carbonyl (C=O) groups excluding carboxylic acids is 3. The summed E-state index contributed by atoms with van der Waals surface area (Å²) in [4.78, 5) is 42.4. The molecule has 11 nitrogen and oxygen atoms in total. The summed E-state index contributed by atoms with van der Waals surface area (Å²) in [6.07, 6.45) is 3.88. The molecule has 0 fully saturated rings. The maximum Gasteiger partial charge on any atom is 0.320 e. The molecule has 1 heterocycles. The molecule has 1 aromatic heterocycles. The van der Waals surface area contributed by atoms with Crippen molar-refractivity contribution in [2.24, 2.45) is 5.73 Å². The van der Waals surface area contributed by atoms with Crippen LogP contribution in [0.3, 0.4) is 0 Å². The van der Waals surface area contributed by atoms with E-state index in [4.69, 9.17) is 16.3 Å². The molecule has 11 heteroatoms. The Labute approximate surface area is 219 Å². The van der Waals surface area contributed by atoms with Crippen LogP contribution >= 0.6 is 0 Å². The highest BCUT2D eigenvalue weighted by Gasteiger charge is 2.11. The van der Waals surface area contributed by atoms with Crippen molar-refractivity contribution in [3.63, 3.8) is 0 Å². The zero-order valence-corrected chi connectivity index (χ0v) is 23.0.